The third-order valence-corrected chi connectivity index (χ3v) is 2.25. The van der Waals surface area contributed by atoms with E-state index in [4.69, 9.17) is 20.9 Å². The highest BCUT2D eigenvalue weighted by Gasteiger charge is 2.28. The number of carbonyl (C=O) groups excluding carboxylic acids is 1. The van der Waals surface area contributed by atoms with E-state index in [0.29, 0.717) is 19.6 Å². The van der Waals surface area contributed by atoms with Crippen LogP contribution < -0.4 is 11.5 Å². The van der Waals surface area contributed by atoms with Gasteiger partial charge < -0.3 is 20.9 Å². The van der Waals surface area contributed by atoms with Crippen LogP contribution in [0.15, 0.2) is 0 Å². The Morgan fingerprint density at radius 1 is 1.38 bits per heavy atom. The fraction of sp³-hybridized carbons (Fsp3) is 0.909. The number of nitrogens with two attached hydrogens (primary N) is 2. The molecule has 0 radical (unpaired) electrons. The van der Waals surface area contributed by atoms with Gasteiger partial charge in [0.05, 0.1) is 24.9 Å². The highest BCUT2D eigenvalue weighted by Crippen LogP contribution is 2.10. The summed E-state index contributed by atoms with van der Waals surface area (Å²) in [6, 6.07) is 0. The Morgan fingerprint density at radius 3 is 2.50 bits per heavy atom. The molecule has 0 aliphatic carbocycles. The summed E-state index contributed by atoms with van der Waals surface area (Å²) in [4.78, 5) is 11.0. The fourth-order valence-corrected chi connectivity index (χ4v) is 1.31. The number of rotatable bonds is 9. The first kappa shape index (κ1) is 15.3. The Kier molecular flexibility index (Phi) is 7.29. The van der Waals surface area contributed by atoms with Gasteiger partial charge in [0.15, 0.2) is 0 Å². The van der Waals surface area contributed by atoms with Gasteiger partial charge in [0.25, 0.3) is 0 Å². The lowest BCUT2D eigenvalue weighted by Crippen LogP contribution is -2.51. The molecule has 0 aliphatic heterocycles. The summed E-state index contributed by atoms with van der Waals surface area (Å²) in [6.07, 6.45) is 1.31. The van der Waals surface area contributed by atoms with Crippen molar-refractivity contribution in [3.8, 4) is 0 Å². The molecule has 0 aromatic carbocycles. The smallest absolute Gasteiger partial charge is 0.237 e. The van der Waals surface area contributed by atoms with E-state index < -0.39 is 11.4 Å². The van der Waals surface area contributed by atoms with Crippen LogP contribution in [0.3, 0.4) is 0 Å². The van der Waals surface area contributed by atoms with Gasteiger partial charge in [0.2, 0.25) is 5.91 Å². The first-order chi connectivity index (χ1) is 7.40. The predicted molar refractivity (Wildman–Crippen MR) is 62.9 cm³/mol. The molecular weight excluding hydrogens is 208 g/mol. The molecule has 0 aromatic heterocycles. The topological polar surface area (TPSA) is 87.6 Å². The molecule has 0 aromatic rings. The third-order valence-electron chi connectivity index (χ3n) is 2.25. The van der Waals surface area contributed by atoms with Crippen LogP contribution in [0.5, 0.6) is 0 Å². The molecule has 5 nitrogen and oxygen atoms in total. The molecular formula is C11H24N2O3. The lowest BCUT2D eigenvalue weighted by molar-refractivity contribution is -0.124. The van der Waals surface area contributed by atoms with Gasteiger partial charge in [0.1, 0.15) is 0 Å². The molecule has 5 heteroatoms. The van der Waals surface area contributed by atoms with Crippen molar-refractivity contribution in [3.05, 3.63) is 0 Å². The summed E-state index contributed by atoms with van der Waals surface area (Å²) in [5.74, 6) is -0.509. The molecule has 0 rings (SSSR count). The highest BCUT2D eigenvalue weighted by molar-refractivity contribution is 5.83. The second-order valence-electron chi connectivity index (χ2n) is 4.28. The van der Waals surface area contributed by atoms with E-state index in [2.05, 4.69) is 6.92 Å². The normalized spacial score (nSPS) is 16.8. The van der Waals surface area contributed by atoms with Crippen LogP contribution in [-0.2, 0) is 14.3 Å². The zero-order chi connectivity index (χ0) is 12.6. The Hall–Kier alpha value is -0.650. The van der Waals surface area contributed by atoms with Gasteiger partial charge in [-0.25, -0.2) is 0 Å². The maximum absolute atomic E-state index is 11.0. The number of hydrogen-bond acceptors (Lipinski definition) is 4. The first-order valence-corrected chi connectivity index (χ1v) is 5.68. The molecule has 0 heterocycles. The van der Waals surface area contributed by atoms with E-state index in [9.17, 15) is 4.79 Å². The zero-order valence-corrected chi connectivity index (χ0v) is 10.5. The van der Waals surface area contributed by atoms with E-state index in [1.807, 2.05) is 6.92 Å². The van der Waals surface area contributed by atoms with Crippen molar-refractivity contribution >= 4 is 5.91 Å². The van der Waals surface area contributed by atoms with Crippen molar-refractivity contribution in [2.75, 3.05) is 19.8 Å². The van der Waals surface area contributed by atoms with Crippen molar-refractivity contribution in [1.29, 1.82) is 0 Å². The molecule has 0 aliphatic rings. The van der Waals surface area contributed by atoms with Crippen molar-refractivity contribution in [2.24, 2.45) is 11.5 Å². The van der Waals surface area contributed by atoms with E-state index in [0.717, 1.165) is 13.0 Å². The van der Waals surface area contributed by atoms with Crippen LogP contribution in [0.25, 0.3) is 0 Å². The summed E-state index contributed by atoms with van der Waals surface area (Å²) >= 11 is 0. The molecule has 0 spiro atoms. The van der Waals surface area contributed by atoms with E-state index >= 15 is 0 Å². The van der Waals surface area contributed by atoms with E-state index in [1.54, 1.807) is 6.92 Å². The molecule has 2 atom stereocenters. The van der Waals surface area contributed by atoms with Gasteiger partial charge in [0, 0.05) is 6.61 Å². The maximum Gasteiger partial charge on any atom is 0.237 e. The second kappa shape index (κ2) is 7.60. The molecule has 0 fully saturated rings. The summed E-state index contributed by atoms with van der Waals surface area (Å²) in [5.41, 5.74) is 9.89. The predicted octanol–water partition coefficient (Wildman–Crippen LogP) is 0.411. The monoisotopic (exact) mass is 232 g/mol. The number of ether oxygens (including phenoxy) is 2. The number of primary amides is 1. The minimum absolute atomic E-state index is 0.104. The SMILES string of the molecule is CCCOCCOC(C)CC(C)(N)C(N)=O. The fourth-order valence-electron chi connectivity index (χ4n) is 1.31. The third kappa shape index (κ3) is 6.76. The number of hydrogen-bond donors (Lipinski definition) is 2. The van der Waals surface area contributed by atoms with Crippen LogP contribution >= 0.6 is 0 Å². The van der Waals surface area contributed by atoms with E-state index in [1.165, 1.54) is 0 Å². The van der Waals surface area contributed by atoms with Gasteiger partial charge in [-0.2, -0.15) is 0 Å². The lowest BCUT2D eigenvalue weighted by atomic mass is 9.95. The average molecular weight is 232 g/mol. The highest BCUT2D eigenvalue weighted by atomic mass is 16.5. The summed E-state index contributed by atoms with van der Waals surface area (Å²) in [6.45, 7) is 7.35. The lowest BCUT2D eigenvalue weighted by Gasteiger charge is -2.24. The first-order valence-electron chi connectivity index (χ1n) is 5.68. The van der Waals surface area contributed by atoms with Crippen LogP contribution in [0, 0.1) is 0 Å². The van der Waals surface area contributed by atoms with Crippen LogP contribution in [0.1, 0.15) is 33.6 Å². The molecule has 0 bridgehead atoms. The maximum atomic E-state index is 11.0. The van der Waals surface area contributed by atoms with Crippen molar-refractivity contribution in [1.82, 2.24) is 0 Å². The Labute approximate surface area is 97.5 Å². The zero-order valence-electron chi connectivity index (χ0n) is 10.5. The average Bonchev–Trinajstić information content (AvgIpc) is 2.16. The molecule has 96 valence electrons. The molecule has 0 saturated heterocycles. The Morgan fingerprint density at radius 2 is 2.00 bits per heavy atom. The molecule has 1 amide bonds. The van der Waals surface area contributed by atoms with Crippen molar-refractivity contribution < 1.29 is 14.3 Å². The molecule has 4 N–H and O–H groups in total. The number of carbonyl (C=O) groups is 1. The summed E-state index contributed by atoms with van der Waals surface area (Å²) in [5, 5.41) is 0. The molecule has 2 unspecified atom stereocenters. The minimum atomic E-state index is -1.01. The quantitative estimate of drug-likeness (QED) is 0.564. The van der Waals surface area contributed by atoms with Crippen LogP contribution in [-0.4, -0.2) is 37.4 Å². The summed E-state index contributed by atoms with van der Waals surface area (Å²) < 4.78 is 10.7. The van der Waals surface area contributed by atoms with Crippen molar-refractivity contribution in [2.45, 2.75) is 45.3 Å². The van der Waals surface area contributed by atoms with E-state index in [-0.39, 0.29) is 6.10 Å². The minimum Gasteiger partial charge on any atom is -0.379 e. The molecule has 16 heavy (non-hydrogen) atoms. The second-order valence-corrected chi connectivity index (χ2v) is 4.28. The Bertz CT molecular complexity index is 207. The Balaban J connectivity index is 3.66. The van der Waals surface area contributed by atoms with Gasteiger partial charge >= 0.3 is 0 Å². The van der Waals surface area contributed by atoms with Crippen LogP contribution in [0.2, 0.25) is 0 Å². The van der Waals surface area contributed by atoms with Gasteiger partial charge in [-0.05, 0) is 26.7 Å². The standard InChI is InChI=1S/C11H24N2O3/c1-4-5-15-6-7-16-9(2)8-11(3,13)10(12)14/h9H,4-8,13H2,1-3H3,(H2,12,14). The van der Waals surface area contributed by atoms with Gasteiger partial charge in [-0.3, -0.25) is 4.79 Å². The van der Waals surface area contributed by atoms with Crippen molar-refractivity contribution in [3.63, 3.8) is 0 Å². The van der Waals surface area contributed by atoms with Gasteiger partial charge in [-0.15, -0.1) is 0 Å². The molecule has 0 saturated carbocycles. The summed E-state index contributed by atoms with van der Waals surface area (Å²) in [7, 11) is 0. The largest absolute Gasteiger partial charge is 0.379 e. The van der Waals surface area contributed by atoms with Crippen LogP contribution in [0.4, 0.5) is 0 Å². The van der Waals surface area contributed by atoms with Gasteiger partial charge in [-0.1, -0.05) is 6.92 Å². The number of amides is 1.